The van der Waals surface area contributed by atoms with Crippen LogP contribution in [0.5, 0.6) is 0 Å². The minimum atomic E-state index is -0.0223. The minimum Gasteiger partial charge on any atom is -0.310 e. The second kappa shape index (κ2) is 5.98. The molecule has 2 heterocycles. The summed E-state index contributed by atoms with van der Waals surface area (Å²) >= 11 is 0. The zero-order valence-electron chi connectivity index (χ0n) is 12.9. The summed E-state index contributed by atoms with van der Waals surface area (Å²) in [5.74, 6) is 1.60. The molecule has 0 aliphatic carbocycles. The van der Waals surface area contributed by atoms with Crippen molar-refractivity contribution in [2.45, 2.75) is 39.7 Å². The Morgan fingerprint density at radius 3 is 2.81 bits per heavy atom. The molecule has 0 spiro atoms. The maximum absolute atomic E-state index is 12.1. The van der Waals surface area contributed by atoms with Gasteiger partial charge in [-0.25, -0.2) is 4.98 Å². The molecule has 1 fully saturated rings. The molecule has 0 atom stereocenters. The predicted molar refractivity (Wildman–Crippen MR) is 85.4 cm³/mol. The van der Waals surface area contributed by atoms with Crippen molar-refractivity contribution in [2.24, 2.45) is 5.92 Å². The van der Waals surface area contributed by atoms with E-state index in [1.54, 1.807) is 0 Å². The van der Waals surface area contributed by atoms with Crippen LogP contribution in [-0.4, -0.2) is 28.0 Å². The first kappa shape index (κ1) is 14.3. The topological polar surface area (TPSA) is 49.0 Å². The number of aromatic nitrogens is 2. The molecule has 1 aliphatic rings. The highest BCUT2D eigenvalue weighted by Gasteiger charge is 2.16. The third kappa shape index (κ3) is 3.16. The summed E-state index contributed by atoms with van der Waals surface area (Å²) in [5.41, 5.74) is 1.98. The Morgan fingerprint density at radius 1 is 1.33 bits per heavy atom. The molecule has 1 saturated heterocycles. The number of piperidine rings is 1. The van der Waals surface area contributed by atoms with Gasteiger partial charge in [-0.3, -0.25) is 9.69 Å². The highest BCUT2D eigenvalue weighted by molar-refractivity contribution is 5.78. The number of hydrogen-bond donors (Lipinski definition) is 1. The number of nitrogens with zero attached hydrogens (tertiary/aromatic N) is 2. The standard InChI is InChI=1S/C17H23N3O/c1-3-16-18-15-5-4-13(10-14(15)17(21)19-16)11-20-8-6-12(2)7-9-20/h4-5,10,12H,3,6-9,11H2,1-2H3,(H,18,19,21). The Kier molecular flexibility index (Phi) is 4.06. The van der Waals surface area contributed by atoms with Gasteiger partial charge in [0.15, 0.2) is 0 Å². The smallest absolute Gasteiger partial charge is 0.258 e. The van der Waals surface area contributed by atoms with Crippen LogP contribution in [0.15, 0.2) is 23.0 Å². The molecule has 2 aromatic rings. The molecule has 4 nitrogen and oxygen atoms in total. The molecular weight excluding hydrogens is 262 g/mol. The van der Waals surface area contributed by atoms with Crippen LogP contribution in [0, 0.1) is 5.92 Å². The van der Waals surface area contributed by atoms with E-state index < -0.39 is 0 Å². The Balaban J connectivity index is 1.84. The lowest BCUT2D eigenvalue weighted by Crippen LogP contribution is -2.32. The molecule has 21 heavy (non-hydrogen) atoms. The number of H-pyrrole nitrogens is 1. The average Bonchev–Trinajstić information content (AvgIpc) is 2.50. The average molecular weight is 285 g/mol. The lowest BCUT2D eigenvalue weighted by molar-refractivity contribution is 0.185. The van der Waals surface area contributed by atoms with E-state index in [2.05, 4.69) is 27.9 Å². The summed E-state index contributed by atoms with van der Waals surface area (Å²) in [6.45, 7) is 7.56. The number of aromatic amines is 1. The normalized spacial score (nSPS) is 17.4. The van der Waals surface area contributed by atoms with E-state index in [-0.39, 0.29) is 5.56 Å². The number of fused-ring (bicyclic) bond motifs is 1. The van der Waals surface area contributed by atoms with Gasteiger partial charge < -0.3 is 4.98 Å². The molecule has 0 unspecified atom stereocenters. The van der Waals surface area contributed by atoms with E-state index >= 15 is 0 Å². The summed E-state index contributed by atoms with van der Waals surface area (Å²) in [6.07, 6.45) is 3.30. The molecular formula is C17H23N3O. The summed E-state index contributed by atoms with van der Waals surface area (Å²) in [7, 11) is 0. The molecule has 1 N–H and O–H groups in total. The molecule has 1 aromatic heterocycles. The van der Waals surface area contributed by atoms with Crippen molar-refractivity contribution in [3.05, 3.63) is 39.9 Å². The van der Waals surface area contributed by atoms with Crippen molar-refractivity contribution in [1.29, 1.82) is 0 Å². The predicted octanol–water partition coefficient (Wildman–Crippen LogP) is 2.72. The van der Waals surface area contributed by atoms with Crippen LogP contribution in [0.4, 0.5) is 0 Å². The first-order valence-corrected chi connectivity index (χ1v) is 7.90. The van der Waals surface area contributed by atoms with Crippen molar-refractivity contribution in [1.82, 2.24) is 14.9 Å². The van der Waals surface area contributed by atoms with Crippen LogP contribution in [0.2, 0.25) is 0 Å². The van der Waals surface area contributed by atoms with Crippen LogP contribution in [-0.2, 0) is 13.0 Å². The van der Waals surface area contributed by atoms with Gasteiger partial charge >= 0.3 is 0 Å². The maximum atomic E-state index is 12.1. The molecule has 0 amide bonds. The lowest BCUT2D eigenvalue weighted by Gasteiger charge is -2.30. The fraction of sp³-hybridized carbons (Fsp3) is 0.529. The zero-order valence-corrected chi connectivity index (χ0v) is 12.9. The van der Waals surface area contributed by atoms with Crippen LogP contribution < -0.4 is 5.56 Å². The first-order chi connectivity index (χ1) is 10.2. The fourth-order valence-electron chi connectivity index (χ4n) is 2.98. The summed E-state index contributed by atoms with van der Waals surface area (Å²) < 4.78 is 0. The number of benzene rings is 1. The molecule has 112 valence electrons. The quantitative estimate of drug-likeness (QED) is 0.943. The molecule has 1 aromatic carbocycles. The molecule has 4 heteroatoms. The van der Waals surface area contributed by atoms with E-state index in [4.69, 9.17) is 0 Å². The number of nitrogens with one attached hydrogen (secondary N) is 1. The van der Waals surface area contributed by atoms with Gasteiger partial charge in [0.25, 0.3) is 5.56 Å². The molecule has 0 saturated carbocycles. The van der Waals surface area contributed by atoms with Crippen LogP contribution in [0.3, 0.4) is 0 Å². The number of likely N-dealkylation sites (tertiary alicyclic amines) is 1. The second-order valence-electron chi connectivity index (χ2n) is 6.18. The Hall–Kier alpha value is -1.68. The second-order valence-corrected chi connectivity index (χ2v) is 6.18. The Bertz CT molecular complexity index is 684. The van der Waals surface area contributed by atoms with Crippen molar-refractivity contribution < 1.29 is 0 Å². The van der Waals surface area contributed by atoms with Gasteiger partial charge in [0.2, 0.25) is 0 Å². The van der Waals surface area contributed by atoms with Crippen LogP contribution in [0.1, 0.15) is 38.1 Å². The summed E-state index contributed by atoms with van der Waals surface area (Å²) in [6, 6.07) is 6.08. The van der Waals surface area contributed by atoms with Crippen molar-refractivity contribution in [2.75, 3.05) is 13.1 Å². The number of rotatable bonds is 3. The van der Waals surface area contributed by atoms with Crippen molar-refractivity contribution in [3.63, 3.8) is 0 Å². The minimum absolute atomic E-state index is 0.0223. The van der Waals surface area contributed by atoms with Crippen LogP contribution >= 0.6 is 0 Å². The summed E-state index contributed by atoms with van der Waals surface area (Å²) in [5, 5.41) is 0.704. The fourth-order valence-corrected chi connectivity index (χ4v) is 2.98. The first-order valence-electron chi connectivity index (χ1n) is 7.90. The monoisotopic (exact) mass is 285 g/mol. The van der Waals surface area contributed by atoms with Gasteiger partial charge in [-0.05, 0) is 49.5 Å². The Morgan fingerprint density at radius 2 is 2.10 bits per heavy atom. The number of hydrogen-bond acceptors (Lipinski definition) is 3. The third-order valence-corrected chi connectivity index (χ3v) is 4.44. The van der Waals surface area contributed by atoms with Crippen molar-refractivity contribution in [3.8, 4) is 0 Å². The molecule has 1 aliphatic heterocycles. The van der Waals surface area contributed by atoms with Gasteiger partial charge in [-0.15, -0.1) is 0 Å². The molecule has 0 bridgehead atoms. The van der Waals surface area contributed by atoms with Gasteiger partial charge in [0, 0.05) is 13.0 Å². The summed E-state index contributed by atoms with van der Waals surface area (Å²) in [4.78, 5) is 22.0. The van der Waals surface area contributed by atoms with Gasteiger partial charge in [-0.1, -0.05) is 19.9 Å². The van der Waals surface area contributed by atoms with Crippen LogP contribution in [0.25, 0.3) is 10.9 Å². The van der Waals surface area contributed by atoms with E-state index in [9.17, 15) is 4.79 Å². The van der Waals surface area contributed by atoms with E-state index in [1.165, 1.54) is 18.4 Å². The van der Waals surface area contributed by atoms with Gasteiger partial charge in [0.05, 0.1) is 10.9 Å². The van der Waals surface area contributed by atoms with E-state index in [0.717, 1.165) is 43.3 Å². The van der Waals surface area contributed by atoms with E-state index in [0.29, 0.717) is 5.39 Å². The molecule has 3 rings (SSSR count). The van der Waals surface area contributed by atoms with Gasteiger partial charge in [0.1, 0.15) is 5.82 Å². The Labute approximate surface area is 125 Å². The maximum Gasteiger partial charge on any atom is 0.258 e. The third-order valence-electron chi connectivity index (χ3n) is 4.44. The van der Waals surface area contributed by atoms with Crippen molar-refractivity contribution >= 4 is 10.9 Å². The highest BCUT2D eigenvalue weighted by atomic mass is 16.1. The SMILES string of the molecule is CCc1nc2ccc(CN3CCC(C)CC3)cc2c(=O)[nH]1. The highest BCUT2D eigenvalue weighted by Crippen LogP contribution is 2.19. The number of aryl methyl sites for hydroxylation is 1. The molecule has 0 radical (unpaired) electrons. The van der Waals surface area contributed by atoms with E-state index in [1.807, 2.05) is 19.1 Å². The zero-order chi connectivity index (χ0) is 14.8. The van der Waals surface area contributed by atoms with Gasteiger partial charge in [-0.2, -0.15) is 0 Å². The lowest BCUT2D eigenvalue weighted by atomic mass is 9.99. The largest absolute Gasteiger partial charge is 0.310 e.